The van der Waals surface area contributed by atoms with Crippen LogP contribution in [0, 0.1) is 5.92 Å². The number of pyridine rings is 1. The highest BCUT2D eigenvalue weighted by molar-refractivity contribution is 6.31. The molecule has 1 aromatic heterocycles. The van der Waals surface area contributed by atoms with Gasteiger partial charge in [0.05, 0.1) is 24.3 Å². The van der Waals surface area contributed by atoms with Crippen molar-refractivity contribution in [3.05, 3.63) is 58.9 Å². The predicted octanol–water partition coefficient (Wildman–Crippen LogP) is 2.78. The van der Waals surface area contributed by atoms with Crippen molar-refractivity contribution in [3.8, 4) is 5.75 Å². The molecule has 0 unspecified atom stereocenters. The molecule has 0 spiro atoms. The zero-order valence-electron chi connectivity index (χ0n) is 14.9. The molecule has 1 saturated carbocycles. The number of fused-ring (bicyclic) bond motifs is 2. The molecule has 6 nitrogen and oxygen atoms in total. The quantitative estimate of drug-likeness (QED) is 0.878. The number of methoxy groups -OCH3 is 1. The largest absolute Gasteiger partial charge is 0.496 e. The van der Waals surface area contributed by atoms with Crippen LogP contribution in [0.15, 0.2) is 42.7 Å². The summed E-state index contributed by atoms with van der Waals surface area (Å²) in [4.78, 5) is 31.4. The summed E-state index contributed by atoms with van der Waals surface area (Å²) in [5.74, 6) is 0.627. The topological polar surface area (TPSA) is 71.5 Å². The van der Waals surface area contributed by atoms with Gasteiger partial charge in [-0.25, -0.2) is 0 Å². The molecular weight excluding hydrogens is 366 g/mol. The third kappa shape index (κ3) is 3.37. The first-order valence-electron chi connectivity index (χ1n) is 8.92. The van der Waals surface area contributed by atoms with Crippen LogP contribution in [0.5, 0.6) is 5.75 Å². The molecule has 140 valence electrons. The number of nitrogens with one attached hydrogen (secondary N) is 1. The lowest BCUT2D eigenvalue weighted by Gasteiger charge is -2.34. The molecule has 2 fully saturated rings. The van der Waals surface area contributed by atoms with Crippen LogP contribution in [0.4, 0.5) is 0 Å². The normalized spacial score (nSPS) is 23.3. The molecule has 27 heavy (non-hydrogen) atoms. The summed E-state index contributed by atoms with van der Waals surface area (Å²) in [7, 11) is 1.53. The average molecular weight is 386 g/mol. The van der Waals surface area contributed by atoms with E-state index in [-0.39, 0.29) is 23.9 Å². The van der Waals surface area contributed by atoms with Crippen molar-refractivity contribution < 1.29 is 14.3 Å². The molecule has 2 aromatic rings. The molecule has 0 radical (unpaired) electrons. The van der Waals surface area contributed by atoms with Gasteiger partial charge in [0, 0.05) is 30.0 Å². The van der Waals surface area contributed by atoms with Gasteiger partial charge in [0.15, 0.2) is 0 Å². The maximum Gasteiger partial charge on any atom is 0.258 e. The van der Waals surface area contributed by atoms with Crippen LogP contribution in [0.1, 0.15) is 33.6 Å². The molecule has 1 N–H and O–H groups in total. The number of carbonyl (C=O) groups excluding carboxylic acids is 2. The Kier molecular flexibility index (Phi) is 4.74. The number of hydrogen-bond donors (Lipinski definition) is 1. The summed E-state index contributed by atoms with van der Waals surface area (Å²) in [6, 6.07) is 8.41. The van der Waals surface area contributed by atoms with E-state index in [1.54, 1.807) is 42.7 Å². The van der Waals surface area contributed by atoms with E-state index in [9.17, 15) is 9.59 Å². The Hall–Kier alpha value is -2.60. The minimum atomic E-state index is -0.159. The van der Waals surface area contributed by atoms with Crippen molar-refractivity contribution in [1.82, 2.24) is 15.2 Å². The van der Waals surface area contributed by atoms with Crippen LogP contribution in [-0.2, 0) is 0 Å². The number of piperidine rings is 1. The third-order valence-electron chi connectivity index (χ3n) is 5.37. The molecule has 2 heterocycles. The van der Waals surface area contributed by atoms with Crippen LogP contribution < -0.4 is 10.1 Å². The zero-order chi connectivity index (χ0) is 19.0. The van der Waals surface area contributed by atoms with Crippen LogP contribution >= 0.6 is 11.6 Å². The monoisotopic (exact) mass is 385 g/mol. The first-order valence-corrected chi connectivity index (χ1v) is 9.30. The molecule has 3 atom stereocenters. The van der Waals surface area contributed by atoms with Crippen LogP contribution in [0.3, 0.4) is 0 Å². The number of halogens is 1. The number of carbonyl (C=O) groups is 2. The lowest BCUT2D eigenvalue weighted by Crippen LogP contribution is -2.52. The number of amides is 2. The van der Waals surface area contributed by atoms with Gasteiger partial charge in [-0.2, -0.15) is 0 Å². The lowest BCUT2D eigenvalue weighted by molar-refractivity contribution is 0.0645. The summed E-state index contributed by atoms with van der Waals surface area (Å²) in [5.41, 5.74) is 0.976. The number of ether oxygens (including phenoxy) is 1. The van der Waals surface area contributed by atoms with Crippen molar-refractivity contribution in [2.45, 2.75) is 24.9 Å². The molecule has 2 amide bonds. The highest BCUT2D eigenvalue weighted by atomic mass is 35.5. The molecule has 4 rings (SSSR count). The number of nitrogens with zero attached hydrogens (tertiary/aromatic N) is 2. The van der Waals surface area contributed by atoms with Crippen LogP contribution in [0.25, 0.3) is 0 Å². The van der Waals surface area contributed by atoms with Gasteiger partial charge >= 0.3 is 0 Å². The van der Waals surface area contributed by atoms with E-state index in [1.807, 2.05) is 4.90 Å². The first kappa shape index (κ1) is 17.8. The Bertz CT molecular complexity index is 874. The summed E-state index contributed by atoms with van der Waals surface area (Å²) in [5, 5.41) is 3.56. The number of benzene rings is 1. The minimum Gasteiger partial charge on any atom is -0.496 e. The zero-order valence-corrected chi connectivity index (χ0v) is 15.6. The molecule has 1 aliphatic heterocycles. The maximum absolute atomic E-state index is 13.1. The second-order valence-electron chi connectivity index (χ2n) is 7.03. The Balaban J connectivity index is 1.52. The Morgan fingerprint density at radius 3 is 2.85 bits per heavy atom. The van der Waals surface area contributed by atoms with Crippen molar-refractivity contribution in [2.75, 3.05) is 13.7 Å². The first-order chi connectivity index (χ1) is 13.1. The molecular formula is C20H20ClN3O3. The maximum atomic E-state index is 13.1. The van der Waals surface area contributed by atoms with Gasteiger partial charge < -0.3 is 15.0 Å². The second-order valence-corrected chi connectivity index (χ2v) is 7.46. The lowest BCUT2D eigenvalue weighted by atomic mass is 10.0. The van der Waals surface area contributed by atoms with Gasteiger partial charge in [0.25, 0.3) is 11.8 Å². The summed E-state index contributed by atoms with van der Waals surface area (Å²) in [6.45, 7) is 0.693. The standard InChI is InChI=1S/C20H20ClN3O3/c1-27-18-5-4-14(21)9-15(18)20(26)24-11-12-7-16(17(24)8-12)23-19(25)13-3-2-6-22-10-13/h2-6,9-10,12,16-17H,7-8,11H2,1H3,(H,23,25)/t12-,16+,17-/m1/s1. The van der Waals surface area contributed by atoms with E-state index >= 15 is 0 Å². The fourth-order valence-corrected chi connectivity index (χ4v) is 4.34. The molecule has 7 heteroatoms. The number of rotatable bonds is 4. The van der Waals surface area contributed by atoms with Crippen molar-refractivity contribution in [3.63, 3.8) is 0 Å². The van der Waals surface area contributed by atoms with Gasteiger partial charge in [-0.3, -0.25) is 14.6 Å². The fourth-order valence-electron chi connectivity index (χ4n) is 4.16. The average Bonchev–Trinajstić information content (AvgIpc) is 3.28. The highest BCUT2D eigenvalue weighted by Gasteiger charge is 2.47. The Morgan fingerprint density at radius 1 is 1.30 bits per heavy atom. The number of likely N-dealkylation sites (tertiary alicyclic amines) is 1. The summed E-state index contributed by atoms with van der Waals surface area (Å²) < 4.78 is 5.33. The van der Waals surface area contributed by atoms with E-state index in [1.165, 1.54) is 7.11 Å². The molecule has 2 aliphatic rings. The van der Waals surface area contributed by atoms with Crippen LogP contribution in [0.2, 0.25) is 5.02 Å². The van der Waals surface area contributed by atoms with Gasteiger partial charge in [0.2, 0.25) is 0 Å². The van der Waals surface area contributed by atoms with Gasteiger partial charge in [-0.05, 0) is 49.1 Å². The Morgan fingerprint density at radius 2 is 2.15 bits per heavy atom. The summed E-state index contributed by atoms with van der Waals surface area (Å²) >= 11 is 6.08. The predicted molar refractivity (Wildman–Crippen MR) is 101 cm³/mol. The van der Waals surface area contributed by atoms with Crippen molar-refractivity contribution in [1.29, 1.82) is 0 Å². The van der Waals surface area contributed by atoms with E-state index in [4.69, 9.17) is 16.3 Å². The molecule has 2 bridgehead atoms. The minimum absolute atomic E-state index is 0.0215. The van der Waals surface area contributed by atoms with Crippen molar-refractivity contribution >= 4 is 23.4 Å². The number of aromatic nitrogens is 1. The van der Waals surface area contributed by atoms with E-state index in [0.717, 1.165) is 12.8 Å². The molecule has 1 aromatic carbocycles. The molecule has 1 saturated heterocycles. The fraction of sp³-hybridized carbons (Fsp3) is 0.350. The second kappa shape index (κ2) is 7.19. The van der Waals surface area contributed by atoms with Crippen molar-refractivity contribution in [2.24, 2.45) is 5.92 Å². The third-order valence-corrected chi connectivity index (χ3v) is 5.61. The van der Waals surface area contributed by atoms with Gasteiger partial charge in [-0.15, -0.1) is 0 Å². The number of hydrogen-bond acceptors (Lipinski definition) is 4. The van der Waals surface area contributed by atoms with E-state index in [2.05, 4.69) is 10.3 Å². The van der Waals surface area contributed by atoms with Gasteiger partial charge in [-0.1, -0.05) is 11.6 Å². The Labute approximate surface area is 162 Å². The molecule has 1 aliphatic carbocycles. The summed E-state index contributed by atoms with van der Waals surface area (Å²) in [6.07, 6.45) is 4.95. The van der Waals surface area contributed by atoms with Crippen LogP contribution in [-0.4, -0.2) is 47.4 Å². The van der Waals surface area contributed by atoms with Gasteiger partial charge in [0.1, 0.15) is 5.75 Å². The van der Waals surface area contributed by atoms with E-state index < -0.39 is 0 Å². The smallest absolute Gasteiger partial charge is 0.258 e. The highest BCUT2D eigenvalue weighted by Crippen LogP contribution is 2.39. The van der Waals surface area contributed by atoms with E-state index in [0.29, 0.717) is 34.4 Å². The SMILES string of the molecule is COc1ccc(Cl)cc1C(=O)N1C[C@@H]2C[C@H](NC(=O)c3cccnc3)[C@H]1C2.